The molecule has 0 atom stereocenters. The van der Waals surface area contributed by atoms with Crippen molar-refractivity contribution in [2.45, 2.75) is 25.7 Å². The van der Waals surface area contributed by atoms with Crippen molar-refractivity contribution in [3.63, 3.8) is 0 Å². The molecule has 0 saturated carbocycles. The van der Waals surface area contributed by atoms with Gasteiger partial charge in [-0.3, -0.25) is 4.98 Å². The summed E-state index contributed by atoms with van der Waals surface area (Å²) < 4.78 is 4.90. The Morgan fingerprint density at radius 2 is 1.25 bits per heavy atom. The predicted molar refractivity (Wildman–Crippen MR) is 132 cm³/mol. The fraction of sp³-hybridized carbons (Fsp3) is 0.138. The number of benzene rings is 3. The molecule has 3 aromatic heterocycles. The van der Waals surface area contributed by atoms with Crippen molar-refractivity contribution in [1.82, 2.24) is 14.1 Å². The highest BCUT2D eigenvalue weighted by Crippen LogP contribution is 2.40. The van der Waals surface area contributed by atoms with Crippen LogP contribution < -0.4 is 0 Å². The third kappa shape index (κ3) is 2.45. The lowest BCUT2D eigenvalue weighted by atomic mass is 9.95. The zero-order valence-corrected chi connectivity index (χ0v) is 17.8. The second kappa shape index (κ2) is 6.83. The Hall–Kier alpha value is -3.85. The minimum Gasteiger partial charge on any atom is -0.313 e. The fourth-order valence-corrected chi connectivity index (χ4v) is 5.62. The first kappa shape index (κ1) is 17.8. The van der Waals surface area contributed by atoms with Crippen molar-refractivity contribution in [2.24, 2.45) is 0 Å². The Balaban J connectivity index is 1.66. The van der Waals surface area contributed by atoms with Crippen molar-refractivity contribution < 1.29 is 0 Å². The van der Waals surface area contributed by atoms with Gasteiger partial charge in [-0.2, -0.15) is 0 Å². The number of hydrogen-bond acceptors (Lipinski definition) is 1. The molecule has 3 aromatic carbocycles. The van der Waals surface area contributed by atoms with E-state index in [0.717, 1.165) is 12.8 Å². The zero-order valence-electron chi connectivity index (χ0n) is 17.8. The SMILES string of the molecule is c1ccc(-n2c3c(c4cc5c(cc42)c2cnccc2n5-c2ccccc2)CCCC3)cc1. The average molecular weight is 414 g/mol. The zero-order chi connectivity index (χ0) is 21.1. The van der Waals surface area contributed by atoms with E-state index in [4.69, 9.17) is 0 Å². The Morgan fingerprint density at radius 3 is 2.03 bits per heavy atom. The molecule has 7 rings (SSSR count). The van der Waals surface area contributed by atoms with Crippen LogP contribution in [0, 0.1) is 0 Å². The minimum absolute atomic E-state index is 1.14. The van der Waals surface area contributed by atoms with E-state index >= 15 is 0 Å². The van der Waals surface area contributed by atoms with Gasteiger partial charge < -0.3 is 9.13 Å². The summed E-state index contributed by atoms with van der Waals surface area (Å²) in [5.74, 6) is 0. The van der Waals surface area contributed by atoms with E-state index in [0.29, 0.717) is 0 Å². The highest BCUT2D eigenvalue weighted by Gasteiger charge is 2.23. The molecule has 1 aliphatic rings. The van der Waals surface area contributed by atoms with Crippen molar-refractivity contribution in [3.8, 4) is 11.4 Å². The number of pyridine rings is 1. The Bertz CT molecular complexity index is 1600. The summed E-state index contributed by atoms with van der Waals surface area (Å²) in [4.78, 5) is 4.48. The summed E-state index contributed by atoms with van der Waals surface area (Å²) in [5.41, 5.74) is 9.23. The lowest BCUT2D eigenvalue weighted by Crippen LogP contribution is -2.06. The van der Waals surface area contributed by atoms with Crippen LogP contribution in [0.2, 0.25) is 0 Å². The quantitative estimate of drug-likeness (QED) is 0.300. The van der Waals surface area contributed by atoms with Crippen molar-refractivity contribution in [3.05, 3.63) is 103 Å². The number of nitrogens with zero attached hydrogens (tertiary/aromatic N) is 3. The van der Waals surface area contributed by atoms with Gasteiger partial charge in [-0.25, -0.2) is 0 Å². The molecule has 0 saturated heterocycles. The molecular formula is C29H23N3. The molecule has 154 valence electrons. The molecule has 0 N–H and O–H groups in total. The van der Waals surface area contributed by atoms with Crippen LogP contribution in [0.1, 0.15) is 24.1 Å². The lowest BCUT2D eigenvalue weighted by molar-refractivity contribution is 0.667. The van der Waals surface area contributed by atoms with Crippen LogP contribution in [-0.2, 0) is 12.8 Å². The van der Waals surface area contributed by atoms with Crippen LogP contribution >= 0.6 is 0 Å². The fourth-order valence-electron chi connectivity index (χ4n) is 5.62. The number of aryl methyl sites for hydroxylation is 1. The first-order valence-electron chi connectivity index (χ1n) is 11.5. The van der Waals surface area contributed by atoms with Gasteiger partial charge in [-0.05, 0) is 73.7 Å². The van der Waals surface area contributed by atoms with Gasteiger partial charge in [0.25, 0.3) is 0 Å². The largest absolute Gasteiger partial charge is 0.313 e. The van der Waals surface area contributed by atoms with Crippen molar-refractivity contribution in [1.29, 1.82) is 0 Å². The molecule has 0 amide bonds. The Kier molecular flexibility index (Phi) is 3.80. The second-order valence-corrected chi connectivity index (χ2v) is 8.75. The summed E-state index contributed by atoms with van der Waals surface area (Å²) in [6.45, 7) is 0. The third-order valence-corrected chi connectivity index (χ3v) is 6.99. The van der Waals surface area contributed by atoms with E-state index in [2.05, 4.69) is 93.0 Å². The maximum absolute atomic E-state index is 4.48. The monoisotopic (exact) mass is 413 g/mol. The molecule has 3 heteroatoms. The van der Waals surface area contributed by atoms with Gasteiger partial charge >= 0.3 is 0 Å². The average Bonchev–Trinajstić information content (AvgIpc) is 3.36. The predicted octanol–water partition coefficient (Wildman–Crippen LogP) is 7.00. The summed E-state index contributed by atoms with van der Waals surface area (Å²) in [7, 11) is 0. The van der Waals surface area contributed by atoms with E-state index in [9.17, 15) is 0 Å². The second-order valence-electron chi connectivity index (χ2n) is 8.75. The molecule has 0 bridgehead atoms. The van der Waals surface area contributed by atoms with Gasteiger partial charge in [0.15, 0.2) is 0 Å². The maximum atomic E-state index is 4.48. The summed E-state index contributed by atoms with van der Waals surface area (Å²) in [5, 5.41) is 3.85. The van der Waals surface area contributed by atoms with Gasteiger partial charge in [0.1, 0.15) is 0 Å². The van der Waals surface area contributed by atoms with Crippen LogP contribution in [0.3, 0.4) is 0 Å². The van der Waals surface area contributed by atoms with Gasteiger partial charge in [0, 0.05) is 45.6 Å². The lowest BCUT2D eigenvalue weighted by Gasteiger charge is -2.16. The molecular weight excluding hydrogens is 390 g/mol. The molecule has 0 fully saturated rings. The Labute approximate surface area is 186 Å². The summed E-state index contributed by atoms with van der Waals surface area (Å²) in [6, 6.07) is 28.5. The van der Waals surface area contributed by atoms with Crippen LogP contribution in [0.5, 0.6) is 0 Å². The van der Waals surface area contributed by atoms with Gasteiger partial charge in [-0.1, -0.05) is 36.4 Å². The van der Waals surface area contributed by atoms with Gasteiger partial charge in [0.05, 0.1) is 16.6 Å². The van der Waals surface area contributed by atoms with Crippen LogP contribution in [-0.4, -0.2) is 14.1 Å². The van der Waals surface area contributed by atoms with Crippen LogP contribution in [0.4, 0.5) is 0 Å². The molecule has 3 nitrogen and oxygen atoms in total. The first-order valence-corrected chi connectivity index (χ1v) is 11.5. The van der Waals surface area contributed by atoms with E-state index in [-0.39, 0.29) is 0 Å². The molecule has 0 unspecified atom stereocenters. The molecule has 6 aromatic rings. The molecule has 1 aliphatic carbocycles. The summed E-state index contributed by atoms with van der Waals surface area (Å²) in [6.07, 6.45) is 8.74. The number of para-hydroxylation sites is 2. The number of fused-ring (bicyclic) bond motifs is 6. The third-order valence-electron chi connectivity index (χ3n) is 6.99. The van der Waals surface area contributed by atoms with E-state index in [1.165, 1.54) is 68.2 Å². The van der Waals surface area contributed by atoms with Gasteiger partial charge in [-0.15, -0.1) is 0 Å². The molecule has 0 aliphatic heterocycles. The van der Waals surface area contributed by atoms with Crippen molar-refractivity contribution in [2.75, 3.05) is 0 Å². The maximum Gasteiger partial charge on any atom is 0.0571 e. The molecule has 32 heavy (non-hydrogen) atoms. The van der Waals surface area contributed by atoms with Crippen molar-refractivity contribution >= 4 is 32.7 Å². The van der Waals surface area contributed by atoms with Crippen LogP contribution in [0.15, 0.2) is 91.3 Å². The highest BCUT2D eigenvalue weighted by molar-refractivity contribution is 6.13. The van der Waals surface area contributed by atoms with E-state index in [1.807, 2.05) is 12.4 Å². The minimum atomic E-state index is 1.14. The molecule has 0 radical (unpaired) electrons. The normalized spacial score (nSPS) is 13.8. The molecule has 3 heterocycles. The van der Waals surface area contributed by atoms with Crippen LogP contribution in [0.25, 0.3) is 44.1 Å². The highest BCUT2D eigenvalue weighted by atomic mass is 15.0. The van der Waals surface area contributed by atoms with Gasteiger partial charge in [0.2, 0.25) is 0 Å². The summed E-state index contributed by atoms with van der Waals surface area (Å²) >= 11 is 0. The number of rotatable bonds is 2. The molecule has 0 spiro atoms. The van der Waals surface area contributed by atoms with E-state index in [1.54, 1.807) is 0 Å². The smallest absolute Gasteiger partial charge is 0.0571 e. The van der Waals surface area contributed by atoms with E-state index < -0.39 is 0 Å². The topological polar surface area (TPSA) is 22.8 Å². The standard InChI is InChI=1S/C29H23N3/c1-3-9-20(10-4-1)31-26-14-8-7-13-22(26)23-17-29-24(18-28(23)31)25-19-30-16-15-27(25)32(29)21-11-5-2-6-12-21/h1-6,9-12,15-19H,7-8,13-14H2. The number of aromatic nitrogens is 3. The first-order chi connectivity index (χ1) is 15.9. The number of hydrogen-bond donors (Lipinski definition) is 0. The Morgan fingerprint density at radius 1 is 0.594 bits per heavy atom.